The Labute approximate surface area is 207 Å². The van der Waals surface area contributed by atoms with Gasteiger partial charge >= 0.3 is 12.2 Å². The quantitative estimate of drug-likeness (QED) is 0.201. The molecule has 14 heteroatoms. The minimum Gasteiger partial charge on any atom is -0.457 e. The minimum absolute atomic E-state index is 0.0953. The molecule has 0 bridgehead atoms. The molecule has 2 heterocycles. The Hall–Kier alpha value is -4.98. The van der Waals surface area contributed by atoms with Gasteiger partial charge in [-0.15, -0.1) is 10.2 Å². The second-order valence-electron chi connectivity index (χ2n) is 7.60. The Kier molecular flexibility index (Phi) is 7.01. The molecule has 0 saturated heterocycles. The fourth-order valence-corrected chi connectivity index (χ4v) is 3.16. The van der Waals surface area contributed by atoms with Gasteiger partial charge in [-0.05, 0) is 48.5 Å². The van der Waals surface area contributed by atoms with Crippen molar-refractivity contribution in [2.45, 2.75) is 6.18 Å². The molecule has 3 amide bonds. The smallest absolute Gasteiger partial charge is 0.416 e. The third-order valence-electron chi connectivity index (χ3n) is 4.89. The van der Waals surface area contributed by atoms with Crippen molar-refractivity contribution in [3.05, 3.63) is 84.7 Å². The molecule has 0 spiro atoms. The number of carbonyl (C=O) groups is 2. The largest absolute Gasteiger partial charge is 0.457 e. The average Bonchev–Trinajstić information content (AvgIpc) is 3.39. The Bertz CT molecular complexity index is 1410. The van der Waals surface area contributed by atoms with Gasteiger partial charge in [-0.1, -0.05) is 0 Å². The lowest BCUT2D eigenvalue weighted by molar-refractivity contribution is -0.137. The molecule has 0 radical (unpaired) electrons. The molecule has 0 aliphatic rings. The summed E-state index contributed by atoms with van der Waals surface area (Å²) in [5.74, 6) is 5.68. The number of alkyl halides is 3. The Morgan fingerprint density at radius 2 is 1.68 bits per heavy atom. The van der Waals surface area contributed by atoms with Gasteiger partial charge in [0.25, 0.3) is 5.91 Å². The van der Waals surface area contributed by atoms with Crippen LogP contribution < -0.4 is 21.2 Å². The van der Waals surface area contributed by atoms with Gasteiger partial charge in [-0.25, -0.2) is 10.6 Å². The number of hydrogen-bond donors (Lipinski definition) is 3. The van der Waals surface area contributed by atoms with Crippen LogP contribution in [0.2, 0.25) is 0 Å². The van der Waals surface area contributed by atoms with Crippen molar-refractivity contribution in [1.82, 2.24) is 24.8 Å². The molecule has 0 unspecified atom stereocenters. The molecule has 11 nitrogen and oxygen atoms in total. The van der Waals surface area contributed by atoms with Crippen LogP contribution in [-0.2, 0) is 6.18 Å². The molecule has 190 valence electrons. The summed E-state index contributed by atoms with van der Waals surface area (Å²) >= 11 is 0. The molecule has 0 saturated carbocycles. The third-order valence-corrected chi connectivity index (χ3v) is 4.89. The van der Waals surface area contributed by atoms with E-state index in [1.165, 1.54) is 54.7 Å². The number of pyridine rings is 1. The fraction of sp³-hybridized carbons (Fsp3) is 0.0870. The number of anilines is 2. The van der Waals surface area contributed by atoms with E-state index in [9.17, 15) is 22.8 Å². The molecule has 0 aliphatic heterocycles. The summed E-state index contributed by atoms with van der Waals surface area (Å²) in [4.78, 5) is 28.5. The van der Waals surface area contributed by atoms with E-state index in [0.717, 1.165) is 17.1 Å². The van der Waals surface area contributed by atoms with Crippen LogP contribution in [0.4, 0.5) is 29.3 Å². The lowest BCUT2D eigenvalue weighted by Gasteiger charge is -2.15. The van der Waals surface area contributed by atoms with Crippen LogP contribution in [0.15, 0.2) is 73.4 Å². The number of halogens is 3. The van der Waals surface area contributed by atoms with Crippen LogP contribution in [0.5, 0.6) is 11.5 Å². The fourth-order valence-electron chi connectivity index (χ4n) is 3.16. The summed E-state index contributed by atoms with van der Waals surface area (Å²) in [6, 6.07) is 11.3. The zero-order valence-corrected chi connectivity index (χ0v) is 19.1. The highest BCUT2D eigenvalue weighted by Crippen LogP contribution is 2.33. The van der Waals surface area contributed by atoms with Crippen molar-refractivity contribution in [3.63, 3.8) is 0 Å². The lowest BCUT2D eigenvalue weighted by atomic mass is 10.1. The van der Waals surface area contributed by atoms with E-state index in [4.69, 9.17) is 10.6 Å². The Morgan fingerprint density at radius 3 is 2.32 bits per heavy atom. The van der Waals surface area contributed by atoms with Crippen molar-refractivity contribution in [2.24, 2.45) is 5.84 Å². The number of nitrogens with two attached hydrogens (primary N) is 1. The van der Waals surface area contributed by atoms with Gasteiger partial charge in [0.1, 0.15) is 29.8 Å². The average molecular weight is 512 g/mol. The second kappa shape index (κ2) is 10.3. The maximum Gasteiger partial charge on any atom is 0.416 e. The van der Waals surface area contributed by atoms with E-state index in [-0.39, 0.29) is 17.1 Å². The molecule has 4 rings (SSSR count). The van der Waals surface area contributed by atoms with E-state index in [0.29, 0.717) is 17.2 Å². The number of carbonyl (C=O) groups excluding carboxylic acids is 2. The highest BCUT2D eigenvalue weighted by molar-refractivity contribution is 6.01. The number of rotatable bonds is 6. The zero-order valence-electron chi connectivity index (χ0n) is 19.1. The number of ether oxygens (including phenoxy) is 1. The Morgan fingerprint density at radius 1 is 0.973 bits per heavy atom. The van der Waals surface area contributed by atoms with Gasteiger partial charge in [0, 0.05) is 25.0 Å². The lowest BCUT2D eigenvalue weighted by Crippen LogP contribution is -2.33. The van der Waals surface area contributed by atoms with Crippen molar-refractivity contribution in [1.29, 1.82) is 0 Å². The number of benzene rings is 2. The molecule has 2 aromatic heterocycles. The minimum atomic E-state index is -4.60. The second-order valence-corrected chi connectivity index (χ2v) is 7.60. The summed E-state index contributed by atoms with van der Waals surface area (Å²) in [7, 11) is 1.39. The van der Waals surface area contributed by atoms with Crippen molar-refractivity contribution < 1.29 is 27.5 Å². The predicted molar refractivity (Wildman–Crippen MR) is 126 cm³/mol. The number of nitrogens with one attached hydrogen (secondary N) is 2. The molecule has 2 aromatic carbocycles. The summed E-state index contributed by atoms with van der Waals surface area (Å²) < 4.78 is 46.7. The number of hydrogen-bond acceptors (Lipinski definition) is 7. The number of hydrazine groups is 1. The molecular formula is C23H19F3N8O3. The monoisotopic (exact) mass is 512 g/mol. The maximum absolute atomic E-state index is 13.2. The number of aromatic nitrogens is 4. The van der Waals surface area contributed by atoms with Gasteiger partial charge in [-0.3, -0.25) is 19.4 Å². The van der Waals surface area contributed by atoms with Gasteiger partial charge in [0.15, 0.2) is 0 Å². The molecule has 37 heavy (non-hydrogen) atoms. The molecule has 0 aliphatic carbocycles. The zero-order chi connectivity index (χ0) is 26.6. The first-order valence-corrected chi connectivity index (χ1v) is 10.5. The van der Waals surface area contributed by atoms with Crippen LogP contribution in [0.25, 0.3) is 5.69 Å². The third kappa shape index (κ3) is 6.18. The molecule has 4 aromatic rings. The van der Waals surface area contributed by atoms with Crippen molar-refractivity contribution in [2.75, 3.05) is 17.7 Å². The number of urea groups is 1. The molecule has 4 N–H and O–H groups in total. The molecular weight excluding hydrogens is 493 g/mol. The van der Waals surface area contributed by atoms with Crippen LogP contribution in [0.1, 0.15) is 16.1 Å². The topological polar surface area (TPSA) is 140 Å². The summed E-state index contributed by atoms with van der Waals surface area (Å²) in [6.45, 7) is 0. The Balaban J connectivity index is 1.45. The van der Waals surface area contributed by atoms with Gasteiger partial charge < -0.3 is 15.4 Å². The van der Waals surface area contributed by atoms with Gasteiger partial charge in [-0.2, -0.15) is 13.2 Å². The molecule has 0 fully saturated rings. The first kappa shape index (κ1) is 25.1. The van der Waals surface area contributed by atoms with E-state index in [2.05, 4.69) is 25.8 Å². The van der Waals surface area contributed by atoms with E-state index in [1.807, 2.05) is 0 Å². The summed E-state index contributed by atoms with van der Waals surface area (Å²) in [6.07, 6.45) is -0.619. The number of nitrogens with zero attached hydrogens (tertiary/aromatic N) is 5. The van der Waals surface area contributed by atoms with Crippen LogP contribution in [0, 0.1) is 0 Å². The summed E-state index contributed by atoms with van der Waals surface area (Å²) in [5.41, 5.74) is -0.345. The predicted octanol–water partition coefficient (Wildman–Crippen LogP) is 4.06. The first-order chi connectivity index (χ1) is 17.6. The number of amides is 3. The van der Waals surface area contributed by atoms with E-state index in [1.54, 1.807) is 18.2 Å². The SMILES string of the molecule is CN(N)C(=O)c1cc(Oc2ccc(NC(=O)Nc3cc(C(F)(F)F)ccc3-n3cnnc3)cc2)ccn1. The van der Waals surface area contributed by atoms with Crippen LogP contribution in [0.3, 0.4) is 0 Å². The van der Waals surface area contributed by atoms with E-state index < -0.39 is 23.7 Å². The van der Waals surface area contributed by atoms with E-state index >= 15 is 0 Å². The van der Waals surface area contributed by atoms with Crippen molar-refractivity contribution in [3.8, 4) is 17.2 Å². The standard InChI is InChI=1S/C23H19F3N8O3/c1-33(27)21(35)19-11-17(8-9-28-19)37-16-5-3-15(4-6-16)31-22(36)32-18-10-14(23(24,25)26)2-7-20(18)34-12-29-30-13-34/h2-13H,27H2,1H3,(H2,31,32,36). The molecule has 0 atom stereocenters. The van der Waals surface area contributed by atoms with Crippen LogP contribution >= 0.6 is 0 Å². The van der Waals surface area contributed by atoms with Crippen LogP contribution in [-0.4, -0.2) is 43.7 Å². The summed E-state index contributed by atoms with van der Waals surface area (Å²) in [5, 5.41) is 13.2. The highest BCUT2D eigenvalue weighted by atomic mass is 19.4. The van der Waals surface area contributed by atoms with Gasteiger partial charge in [0.05, 0.1) is 16.9 Å². The van der Waals surface area contributed by atoms with Crippen molar-refractivity contribution >= 4 is 23.3 Å². The highest BCUT2D eigenvalue weighted by Gasteiger charge is 2.31. The normalized spacial score (nSPS) is 11.1. The first-order valence-electron chi connectivity index (χ1n) is 10.5. The maximum atomic E-state index is 13.2. The van der Waals surface area contributed by atoms with Gasteiger partial charge in [0.2, 0.25) is 0 Å².